The zero-order chi connectivity index (χ0) is 13.3. The highest BCUT2D eigenvalue weighted by atomic mass is 15.1. The molecule has 19 heavy (non-hydrogen) atoms. The molecular formula is C15H16N4. The van der Waals surface area contributed by atoms with Crippen molar-refractivity contribution in [1.29, 1.82) is 5.26 Å². The standard InChI is InChI=1S/C15H16N4/c1-15(6-7-17-10-15)14-9-18-11-19(14)13-4-2-12(8-16)3-5-13/h2-5,9,11,17H,6-7,10H2,1H3. The number of benzene rings is 1. The highest BCUT2D eigenvalue weighted by Gasteiger charge is 2.33. The van der Waals surface area contributed by atoms with E-state index in [0.29, 0.717) is 5.56 Å². The van der Waals surface area contributed by atoms with Gasteiger partial charge in [-0.1, -0.05) is 6.92 Å². The Balaban J connectivity index is 2.02. The molecule has 4 heteroatoms. The smallest absolute Gasteiger partial charge is 0.0994 e. The van der Waals surface area contributed by atoms with E-state index in [2.05, 4.69) is 27.9 Å². The predicted molar refractivity (Wildman–Crippen MR) is 73.1 cm³/mol. The molecule has 1 saturated heterocycles. The molecule has 0 spiro atoms. The van der Waals surface area contributed by atoms with Crippen LogP contribution in [0.1, 0.15) is 24.6 Å². The van der Waals surface area contributed by atoms with E-state index >= 15 is 0 Å². The number of hydrogen-bond acceptors (Lipinski definition) is 3. The molecule has 1 unspecified atom stereocenters. The number of nitriles is 1. The largest absolute Gasteiger partial charge is 0.316 e. The number of imidazole rings is 1. The molecule has 1 aromatic heterocycles. The van der Waals surface area contributed by atoms with Gasteiger partial charge in [0.05, 0.1) is 18.0 Å². The van der Waals surface area contributed by atoms with Crippen molar-refractivity contribution in [3.05, 3.63) is 48.0 Å². The van der Waals surface area contributed by atoms with Crippen LogP contribution in [0.25, 0.3) is 5.69 Å². The molecule has 0 saturated carbocycles. The number of aromatic nitrogens is 2. The molecule has 96 valence electrons. The fraction of sp³-hybridized carbons (Fsp3) is 0.333. The molecule has 1 aromatic carbocycles. The SMILES string of the molecule is CC1(c2cncn2-c2ccc(C#N)cc2)CCNC1. The minimum atomic E-state index is 0.129. The van der Waals surface area contributed by atoms with Crippen molar-refractivity contribution in [3.63, 3.8) is 0 Å². The lowest BCUT2D eigenvalue weighted by atomic mass is 9.86. The third-order valence-electron chi connectivity index (χ3n) is 3.90. The average molecular weight is 252 g/mol. The topological polar surface area (TPSA) is 53.6 Å². The first kappa shape index (κ1) is 11.9. The zero-order valence-electron chi connectivity index (χ0n) is 10.9. The summed E-state index contributed by atoms with van der Waals surface area (Å²) in [6, 6.07) is 9.76. The van der Waals surface area contributed by atoms with E-state index < -0.39 is 0 Å². The molecular weight excluding hydrogens is 236 g/mol. The minimum absolute atomic E-state index is 0.129. The van der Waals surface area contributed by atoms with Crippen LogP contribution in [-0.2, 0) is 5.41 Å². The van der Waals surface area contributed by atoms with Crippen LogP contribution in [0.4, 0.5) is 0 Å². The fourth-order valence-corrected chi connectivity index (χ4v) is 2.68. The van der Waals surface area contributed by atoms with E-state index in [9.17, 15) is 0 Å². The molecule has 2 heterocycles. The first-order chi connectivity index (χ1) is 9.23. The van der Waals surface area contributed by atoms with E-state index in [4.69, 9.17) is 5.26 Å². The Hall–Kier alpha value is -2.12. The monoisotopic (exact) mass is 252 g/mol. The highest BCUT2D eigenvalue weighted by molar-refractivity contribution is 5.41. The summed E-state index contributed by atoms with van der Waals surface area (Å²) in [5.74, 6) is 0. The van der Waals surface area contributed by atoms with E-state index in [1.807, 2.05) is 36.8 Å². The van der Waals surface area contributed by atoms with Crippen LogP contribution in [0.5, 0.6) is 0 Å². The van der Waals surface area contributed by atoms with Gasteiger partial charge in [-0.05, 0) is 37.2 Å². The Kier molecular flexibility index (Phi) is 2.84. The predicted octanol–water partition coefficient (Wildman–Crippen LogP) is 1.99. The van der Waals surface area contributed by atoms with Crippen molar-refractivity contribution < 1.29 is 0 Å². The lowest BCUT2D eigenvalue weighted by Crippen LogP contribution is -2.27. The van der Waals surface area contributed by atoms with Crippen LogP contribution < -0.4 is 5.32 Å². The number of rotatable bonds is 2. The van der Waals surface area contributed by atoms with Gasteiger partial charge in [0, 0.05) is 29.5 Å². The van der Waals surface area contributed by atoms with Gasteiger partial charge < -0.3 is 9.88 Å². The van der Waals surface area contributed by atoms with Crippen LogP contribution in [0.3, 0.4) is 0 Å². The summed E-state index contributed by atoms with van der Waals surface area (Å²) < 4.78 is 2.12. The molecule has 4 nitrogen and oxygen atoms in total. The highest BCUT2D eigenvalue weighted by Crippen LogP contribution is 2.31. The first-order valence-electron chi connectivity index (χ1n) is 6.47. The van der Waals surface area contributed by atoms with Crippen molar-refractivity contribution in [2.45, 2.75) is 18.8 Å². The maximum Gasteiger partial charge on any atom is 0.0994 e. The van der Waals surface area contributed by atoms with Crippen molar-refractivity contribution in [3.8, 4) is 11.8 Å². The number of nitrogens with one attached hydrogen (secondary N) is 1. The van der Waals surface area contributed by atoms with Gasteiger partial charge in [-0.2, -0.15) is 5.26 Å². The number of nitrogens with zero attached hydrogens (tertiary/aromatic N) is 3. The molecule has 2 aromatic rings. The average Bonchev–Trinajstić information content (AvgIpc) is 3.08. The van der Waals surface area contributed by atoms with Gasteiger partial charge in [-0.25, -0.2) is 4.98 Å². The van der Waals surface area contributed by atoms with E-state index in [1.54, 1.807) is 0 Å². The normalized spacial score (nSPS) is 22.3. The summed E-state index contributed by atoms with van der Waals surface area (Å²) in [4.78, 5) is 4.30. The minimum Gasteiger partial charge on any atom is -0.316 e. The molecule has 3 rings (SSSR count). The van der Waals surface area contributed by atoms with Gasteiger partial charge in [0.25, 0.3) is 0 Å². The molecule has 1 fully saturated rings. The fourth-order valence-electron chi connectivity index (χ4n) is 2.68. The molecule has 1 aliphatic rings. The molecule has 0 radical (unpaired) electrons. The summed E-state index contributed by atoms with van der Waals surface area (Å²) >= 11 is 0. The summed E-state index contributed by atoms with van der Waals surface area (Å²) in [6.45, 7) is 4.30. The van der Waals surface area contributed by atoms with Crippen molar-refractivity contribution in [2.75, 3.05) is 13.1 Å². The van der Waals surface area contributed by atoms with Crippen LogP contribution in [-0.4, -0.2) is 22.6 Å². The molecule has 0 bridgehead atoms. The van der Waals surface area contributed by atoms with E-state index in [-0.39, 0.29) is 5.41 Å². The summed E-state index contributed by atoms with van der Waals surface area (Å²) in [6.07, 6.45) is 4.92. The second-order valence-electron chi connectivity index (χ2n) is 5.29. The van der Waals surface area contributed by atoms with Gasteiger partial charge in [-0.3, -0.25) is 0 Å². The third-order valence-corrected chi connectivity index (χ3v) is 3.90. The second kappa shape index (κ2) is 4.52. The Morgan fingerprint density at radius 1 is 1.37 bits per heavy atom. The van der Waals surface area contributed by atoms with Crippen molar-refractivity contribution in [2.24, 2.45) is 0 Å². The van der Waals surface area contributed by atoms with Crippen molar-refractivity contribution >= 4 is 0 Å². The maximum absolute atomic E-state index is 8.85. The Labute approximate surface area is 112 Å². The van der Waals surface area contributed by atoms with Crippen molar-refractivity contribution in [1.82, 2.24) is 14.9 Å². The summed E-state index contributed by atoms with van der Waals surface area (Å²) in [5, 5.41) is 12.3. The van der Waals surface area contributed by atoms with Crippen LogP contribution in [0.15, 0.2) is 36.8 Å². The van der Waals surface area contributed by atoms with Gasteiger partial charge >= 0.3 is 0 Å². The van der Waals surface area contributed by atoms with Crippen LogP contribution in [0, 0.1) is 11.3 Å². The molecule has 0 aliphatic carbocycles. The van der Waals surface area contributed by atoms with Gasteiger partial charge in [0.15, 0.2) is 0 Å². The van der Waals surface area contributed by atoms with Gasteiger partial charge in [-0.15, -0.1) is 0 Å². The lowest BCUT2D eigenvalue weighted by molar-refractivity contribution is 0.499. The Morgan fingerprint density at radius 2 is 2.16 bits per heavy atom. The van der Waals surface area contributed by atoms with E-state index in [1.165, 1.54) is 5.69 Å². The molecule has 0 amide bonds. The second-order valence-corrected chi connectivity index (χ2v) is 5.29. The molecule has 1 N–H and O–H groups in total. The summed E-state index contributed by atoms with van der Waals surface area (Å²) in [7, 11) is 0. The zero-order valence-corrected chi connectivity index (χ0v) is 10.9. The Bertz CT molecular complexity index is 612. The van der Waals surface area contributed by atoms with E-state index in [0.717, 1.165) is 25.2 Å². The quantitative estimate of drug-likeness (QED) is 0.889. The van der Waals surface area contributed by atoms with Crippen LogP contribution >= 0.6 is 0 Å². The molecule has 1 aliphatic heterocycles. The first-order valence-corrected chi connectivity index (χ1v) is 6.47. The third kappa shape index (κ3) is 2.02. The Morgan fingerprint density at radius 3 is 2.79 bits per heavy atom. The number of hydrogen-bond donors (Lipinski definition) is 1. The van der Waals surface area contributed by atoms with Gasteiger partial charge in [0.2, 0.25) is 0 Å². The summed E-state index contributed by atoms with van der Waals surface area (Å²) in [5.41, 5.74) is 3.09. The van der Waals surface area contributed by atoms with Crippen LogP contribution in [0.2, 0.25) is 0 Å². The van der Waals surface area contributed by atoms with Gasteiger partial charge in [0.1, 0.15) is 0 Å². The molecule has 1 atom stereocenters. The maximum atomic E-state index is 8.85. The lowest BCUT2D eigenvalue weighted by Gasteiger charge is -2.24.